The van der Waals surface area contributed by atoms with Crippen LogP contribution in [0.15, 0.2) is 16.0 Å². The molecule has 1 aromatic heterocycles. The molecule has 6 heteroatoms. The predicted octanol–water partition coefficient (Wildman–Crippen LogP) is 0.795. The molecule has 0 unspecified atom stereocenters. The molecule has 0 amide bonds. The van der Waals surface area contributed by atoms with E-state index in [1.54, 1.807) is 6.92 Å². The van der Waals surface area contributed by atoms with Crippen LogP contribution in [0.4, 0.5) is 0 Å². The van der Waals surface area contributed by atoms with Crippen molar-refractivity contribution in [1.29, 1.82) is 0 Å². The van der Waals surface area contributed by atoms with Gasteiger partial charge in [-0.1, -0.05) is 5.11 Å². The lowest BCUT2D eigenvalue weighted by Crippen LogP contribution is -2.17. The first-order valence-electron chi connectivity index (χ1n) is 3.51. The van der Waals surface area contributed by atoms with Crippen LogP contribution in [0, 0.1) is 6.92 Å². The summed E-state index contributed by atoms with van der Waals surface area (Å²) in [4.78, 5) is 13.6. The van der Waals surface area contributed by atoms with Gasteiger partial charge in [-0.15, -0.1) is 0 Å². The van der Waals surface area contributed by atoms with E-state index in [1.165, 1.54) is 10.7 Å². The van der Waals surface area contributed by atoms with Crippen molar-refractivity contribution in [2.24, 2.45) is 5.11 Å². The average Bonchev–Trinajstić information content (AvgIpc) is 2.31. The fraction of sp³-hybridized carbons (Fsp3) is 0.500. The number of nitrogens with zero attached hydrogens (tertiary/aromatic N) is 4. The highest BCUT2D eigenvalue weighted by molar-refractivity contribution is 4.95. The number of azide groups is 1. The molecular formula is C6H9N5O. The highest BCUT2D eigenvalue weighted by atomic mass is 16.1. The third-order valence-corrected chi connectivity index (χ3v) is 1.40. The molecule has 1 rings (SSSR count). The Labute approximate surface area is 68.4 Å². The first-order valence-corrected chi connectivity index (χ1v) is 3.51. The average molecular weight is 167 g/mol. The second kappa shape index (κ2) is 3.64. The van der Waals surface area contributed by atoms with Crippen LogP contribution >= 0.6 is 0 Å². The molecule has 0 aliphatic heterocycles. The Morgan fingerprint density at radius 1 is 1.83 bits per heavy atom. The summed E-state index contributed by atoms with van der Waals surface area (Å²) in [5, 5.41) is 6.14. The molecule has 6 nitrogen and oxygen atoms in total. The van der Waals surface area contributed by atoms with Crippen LogP contribution in [0.5, 0.6) is 0 Å². The summed E-state index contributed by atoms with van der Waals surface area (Å²) in [5.41, 5.74) is 8.69. The van der Waals surface area contributed by atoms with Crippen molar-refractivity contribution in [2.75, 3.05) is 6.54 Å². The number of aromatic nitrogens is 2. The number of nitrogens with one attached hydrogen (secondary N) is 1. The van der Waals surface area contributed by atoms with Crippen LogP contribution in [0.25, 0.3) is 10.4 Å². The van der Waals surface area contributed by atoms with E-state index < -0.39 is 0 Å². The van der Waals surface area contributed by atoms with E-state index in [1.807, 2.05) is 0 Å². The van der Waals surface area contributed by atoms with Gasteiger partial charge in [0.1, 0.15) is 0 Å². The number of H-pyrrole nitrogens is 1. The molecule has 0 bridgehead atoms. The van der Waals surface area contributed by atoms with Gasteiger partial charge < -0.3 is 5.10 Å². The number of aryl methyl sites for hydroxylation is 1. The van der Waals surface area contributed by atoms with E-state index in [0.717, 1.165) is 5.69 Å². The molecule has 0 saturated heterocycles. The topological polar surface area (TPSA) is 86.6 Å². The van der Waals surface area contributed by atoms with Crippen LogP contribution < -0.4 is 5.56 Å². The van der Waals surface area contributed by atoms with Crippen molar-refractivity contribution >= 4 is 0 Å². The van der Waals surface area contributed by atoms with Gasteiger partial charge in [0.05, 0.1) is 0 Å². The maximum Gasteiger partial charge on any atom is 0.266 e. The Hall–Kier alpha value is -1.68. The smallest absolute Gasteiger partial charge is 0.266 e. The summed E-state index contributed by atoms with van der Waals surface area (Å²) >= 11 is 0. The second-order valence-electron chi connectivity index (χ2n) is 2.38. The summed E-state index contributed by atoms with van der Waals surface area (Å²) in [6.45, 7) is 2.48. The van der Waals surface area contributed by atoms with E-state index in [2.05, 4.69) is 15.1 Å². The van der Waals surface area contributed by atoms with Gasteiger partial charge in [-0.2, -0.15) is 0 Å². The van der Waals surface area contributed by atoms with Crippen molar-refractivity contribution in [3.05, 3.63) is 32.6 Å². The molecule has 0 atom stereocenters. The lowest BCUT2D eigenvalue weighted by molar-refractivity contribution is 0.601. The molecule has 0 spiro atoms. The fourth-order valence-corrected chi connectivity index (χ4v) is 0.919. The van der Waals surface area contributed by atoms with Crippen LogP contribution in [-0.2, 0) is 6.54 Å². The molecule has 1 N–H and O–H groups in total. The lowest BCUT2D eigenvalue weighted by atomic mass is 10.5. The molecule has 0 saturated carbocycles. The number of hydrogen-bond donors (Lipinski definition) is 1. The molecular weight excluding hydrogens is 158 g/mol. The Bertz CT molecular complexity index is 356. The van der Waals surface area contributed by atoms with Gasteiger partial charge in [0.15, 0.2) is 0 Å². The van der Waals surface area contributed by atoms with Gasteiger partial charge in [-0.05, 0) is 12.5 Å². The van der Waals surface area contributed by atoms with Crippen molar-refractivity contribution in [3.8, 4) is 0 Å². The second-order valence-corrected chi connectivity index (χ2v) is 2.38. The summed E-state index contributed by atoms with van der Waals surface area (Å²) in [6.07, 6.45) is 0. The zero-order chi connectivity index (χ0) is 8.97. The molecule has 0 fully saturated rings. The summed E-state index contributed by atoms with van der Waals surface area (Å²) < 4.78 is 1.41. The molecule has 0 aliphatic carbocycles. The molecule has 1 aromatic rings. The van der Waals surface area contributed by atoms with E-state index in [9.17, 15) is 4.79 Å². The number of hydrogen-bond acceptors (Lipinski definition) is 2. The van der Waals surface area contributed by atoms with Crippen molar-refractivity contribution < 1.29 is 0 Å². The Morgan fingerprint density at radius 3 is 3.08 bits per heavy atom. The molecule has 1 heterocycles. The minimum absolute atomic E-state index is 0.0966. The Morgan fingerprint density at radius 2 is 2.58 bits per heavy atom. The van der Waals surface area contributed by atoms with E-state index in [0.29, 0.717) is 6.54 Å². The maximum atomic E-state index is 11.0. The molecule has 12 heavy (non-hydrogen) atoms. The highest BCUT2D eigenvalue weighted by Crippen LogP contribution is 1.85. The van der Waals surface area contributed by atoms with Crippen LogP contribution in [-0.4, -0.2) is 16.3 Å². The molecule has 64 valence electrons. The van der Waals surface area contributed by atoms with Gasteiger partial charge in [0.2, 0.25) is 0 Å². The first kappa shape index (κ1) is 8.42. The molecule has 0 aliphatic rings. The highest BCUT2D eigenvalue weighted by Gasteiger charge is 1.96. The van der Waals surface area contributed by atoms with Crippen LogP contribution in [0.3, 0.4) is 0 Å². The van der Waals surface area contributed by atoms with Crippen LogP contribution in [0.2, 0.25) is 0 Å². The van der Waals surface area contributed by atoms with Gasteiger partial charge in [-0.3, -0.25) is 9.48 Å². The molecule has 0 aromatic carbocycles. The maximum absolute atomic E-state index is 11.0. The first-order chi connectivity index (χ1) is 5.74. The van der Waals surface area contributed by atoms with Gasteiger partial charge in [-0.25, -0.2) is 0 Å². The summed E-state index contributed by atoms with van der Waals surface area (Å²) in [7, 11) is 0. The van der Waals surface area contributed by atoms with Gasteiger partial charge in [0, 0.05) is 29.8 Å². The van der Waals surface area contributed by atoms with Gasteiger partial charge in [0.25, 0.3) is 5.56 Å². The number of aromatic amines is 1. The lowest BCUT2D eigenvalue weighted by Gasteiger charge is -1.95. The van der Waals surface area contributed by atoms with E-state index >= 15 is 0 Å². The normalized spacial score (nSPS) is 9.42. The fourth-order valence-electron chi connectivity index (χ4n) is 0.919. The quantitative estimate of drug-likeness (QED) is 0.402. The van der Waals surface area contributed by atoms with Crippen LogP contribution in [0.1, 0.15) is 5.69 Å². The van der Waals surface area contributed by atoms with Crippen molar-refractivity contribution in [3.63, 3.8) is 0 Å². The number of rotatable bonds is 3. The third-order valence-electron chi connectivity index (χ3n) is 1.40. The van der Waals surface area contributed by atoms with Crippen molar-refractivity contribution in [2.45, 2.75) is 13.5 Å². The third kappa shape index (κ3) is 1.90. The minimum Gasteiger partial charge on any atom is -0.300 e. The Balaban J connectivity index is 2.69. The Kier molecular flexibility index (Phi) is 2.55. The zero-order valence-electron chi connectivity index (χ0n) is 6.69. The SMILES string of the molecule is Cc1cc(=O)n(CCN=[N+]=[N-])[nH]1. The largest absolute Gasteiger partial charge is 0.300 e. The zero-order valence-corrected chi connectivity index (χ0v) is 6.69. The van der Waals surface area contributed by atoms with E-state index in [-0.39, 0.29) is 12.1 Å². The van der Waals surface area contributed by atoms with E-state index in [4.69, 9.17) is 5.53 Å². The van der Waals surface area contributed by atoms with Crippen molar-refractivity contribution in [1.82, 2.24) is 9.78 Å². The standard InChI is InChI=1S/C6H9N5O/c1-5-4-6(12)11(9-5)3-2-8-10-7/h4,9H,2-3H2,1H3. The monoisotopic (exact) mass is 167 g/mol. The summed E-state index contributed by atoms with van der Waals surface area (Å²) in [6, 6.07) is 1.50. The van der Waals surface area contributed by atoms with Gasteiger partial charge >= 0.3 is 0 Å². The predicted molar refractivity (Wildman–Crippen MR) is 43.8 cm³/mol. The molecule has 0 radical (unpaired) electrons. The summed E-state index contributed by atoms with van der Waals surface area (Å²) in [5.74, 6) is 0. The minimum atomic E-state index is -0.0966.